The Morgan fingerprint density at radius 3 is 2.15 bits per heavy atom. The van der Waals surface area contributed by atoms with Gasteiger partial charge >= 0.3 is 6.11 Å². The maximum atomic E-state index is 14.4. The summed E-state index contributed by atoms with van der Waals surface area (Å²) in [5, 5.41) is 0.894. The lowest BCUT2D eigenvalue weighted by atomic mass is 10.1. The monoisotopic (exact) mass is 380 g/mol. The summed E-state index contributed by atoms with van der Waals surface area (Å²) < 4.78 is 79.6. The molecule has 0 heterocycles. The average Bonchev–Trinajstić information content (AvgIpc) is 2.59. The van der Waals surface area contributed by atoms with Gasteiger partial charge < -0.3 is 9.47 Å². The summed E-state index contributed by atoms with van der Waals surface area (Å²) in [5.41, 5.74) is -1.53. The largest absolute Gasteiger partial charge is 0.489 e. The van der Waals surface area contributed by atoms with Gasteiger partial charge in [-0.1, -0.05) is 24.8 Å². The Balaban J connectivity index is 1.92. The first kappa shape index (κ1) is 18.7. The van der Waals surface area contributed by atoms with E-state index < -0.39 is 29.1 Å². The van der Waals surface area contributed by atoms with Gasteiger partial charge in [-0.25, -0.2) is 13.2 Å². The second kappa shape index (κ2) is 7.26. The number of benzene rings is 3. The Bertz CT molecular complexity index is 978. The van der Waals surface area contributed by atoms with Gasteiger partial charge in [0.15, 0.2) is 0 Å². The van der Waals surface area contributed by atoms with E-state index in [0.717, 1.165) is 12.1 Å². The summed E-state index contributed by atoms with van der Waals surface area (Å²) in [6.45, 7) is 3.34. The third kappa shape index (κ3) is 4.02. The Hall–Kier alpha value is -3.09. The number of rotatable bonds is 6. The van der Waals surface area contributed by atoms with Crippen LogP contribution < -0.4 is 9.47 Å². The van der Waals surface area contributed by atoms with Gasteiger partial charge in [0.2, 0.25) is 0 Å². The normalized spacial score (nSPS) is 11.4. The lowest BCUT2D eigenvalue weighted by Crippen LogP contribution is -2.25. The minimum atomic E-state index is -4.28. The predicted molar refractivity (Wildman–Crippen MR) is 90.5 cm³/mol. The molecule has 0 aliphatic rings. The molecular formula is C20H13F5O2. The molecule has 0 bridgehead atoms. The van der Waals surface area contributed by atoms with E-state index in [2.05, 4.69) is 11.3 Å². The molecule has 0 saturated carbocycles. The van der Waals surface area contributed by atoms with E-state index in [1.165, 1.54) is 30.3 Å². The van der Waals surface area contributed by atoms with Gasteiger partial charge in [0.05, 0.1) is 0 Å². The first-order chi connectivity index (χ1) is 12.8. The molecule has 7 heteroatoms. The van der Waals surface area contributed by atoms with Crippen molar-refractivity contribution in [3.8, 4) is 11.5 Å². The van der Waals surface area contributed by atoms with Crippen LogP contribution in [0, 0.1) is 17.5 Å². The molecule has 3 rings (SSSR count). The summed E-state index contributed by atoms with van der Waals surface area (Å²) in [6, 6.07) is 8.79. The Morgan fingerprint density at radius 1 is 0.852 bits per heavy atom. The van der Waals surface area contributed by atoms with Crippen molar-refractivity contribution in [3.05, 3.63) is 84.2 Å². The summed E-state index contributed by atoms with van der Waals surface area (Å²) in [4.78, 5) is 0. The highest BCUT2D eigenvalue weighted by atomic mass is 19.3. The maximum absolute atomic E-state index is 14.4. The molecular weight excluding hydrogens is 367 g/mol. The zero-order valence-corrected chi connectivity index (χ0v) is 13.8. The third-order valence-electron chi connectivity index (χ3n) is 3.69. The van der Waals surface area contributed by atoms with Gasteiger partial charge in [-0.15, -0.1) is 0 Å². The van der Waals surface area contributed by atoms with Crippen LogP contribution in [0.15, 0.2) is 61.2 Å². The standard InChI is InChI=1S/C20H13F5O2/c1-2-7-26-16-10-17(22)19(18(23)11-16)20(24,25)27-15-6-4-12-8-14(21)5-3-13(12)9-15/h2-6,8-11H,1,7H2. The molecule has 0 N–H and O–H groups in total. The quantitative estimate of drug-likeness (QED) is 0.389. The van der Waals surface area contributed by atoms with Crippen LogP contribution in [0.4, 0.5) is 22.0 Å². The van der Waals surface area contributed by atoms with Gasteiger partial charge in [0.25, 0.3) is 0 Å². The fourth-order valence-corrected chi connectivity index (χ4v) is 2.52. The van der Waals surface area contributed by atoms with Gasteiger partial charge in [-0.2, -0.15) is 8.78 Å². The van der Waals surface area contributed by atoms with Gasteiger partial charge in [-0.05, 0) is 35.0 Å². The molecule has 0 aliphatic carbocycles. The van der Waals surface area contributed by atoms with Crippen LogP contribution in [0.3, 0.4) is 0 Å². The van der Waals surface area contributed by atoms with E-state index >= 15 is 0 Å². The zero-order valence-electron chi connectivity index (χ0n) is 13.8. The smallest absolute Gasteiger partial charge is 0.432 e. The minimum Gasteiger partial charge on any atom is -0.489 e. The highest BCUT2D eigenvalue weighted by Gasteiger charge is 2.41. The number of hydrogen-bond donors (Lipinski definition) is 0. The molecule has 140 valence electrons. The average molecular weight is 380 g/mol. The van der Waals surface area contributed by atoms with Crippen LogP contribution in [0.1, 0.15) is 5.56 Å². The zero-order chi connectivity index (χ0) is 19.6. The summed E-state index contributed by atoms with van der Waals surface area (Å²) in [6.07, 6.45) is -2.94. The molecule has 0 radical (unpaired) electrons. The maximum Gasteiger partial charge on any atom is 0.432 e. The van der Waals surface area contributed by atoms with Crippen molar-refractivity contribution in [2.75, 3.05) is 6.61 Å². The number of fused-ring (bicyclic) bond motifs is 1. The summed E-state index contributed by atoms with van der Waals surface area (Å²) >= 11 is 0. The van der Waals surface area contributed by atoms with E-state index in [-0.39, 0.29) is 18.1 Å². The fraction of sp³-hybridized carbons (Fsp3) is 0.100. The highest BCUT2D eigenvalue weighted by molar-refractivity contribution is 5.83. The second-order valence-corrected chi connectivity index (χ2v) is 5.63. The molecule has 27 heavy (non-hydrogen) atoms. The van der Waals surface area contributed by atoms with Crippen LogP contribution >= 0.6 is 0 Å². The molecule has 0 fully saturated rings. The number of halogens is 5. The Kier molecular flexibility index (Phi) is 5.03. The molecule has 0 amide bonds. The van der Waals surface area contributed by atoms with E-state index in [1.807, 2.05) is 0 Å². The van der Waals surface area contributed by atoms with Crippen molar-refractivity contribution in [3.63, 3.8) is 0 Å². The Labute approximate surface area is 151 Å². The van der Waals surface area contributed by atoms with Crippen LogP contribution in [-0.4, -0.2) is 6.61 Å². The van der Waals surface area contributed by atoms with E-state index in [9.17, 15) is 22.0 Å². The number of alkyl halides is 2. The molecule has 3 aromatic carbocycles. The summed E-state index contributed by atoms with van der Waals surface area (Å²) in [7, 11) is 0. The first-order valence-corrected chi connectivity index (χ1v) is 7.79. The molecule has 0 spiro atoms. The van der Waals surface area contributed by atoms with Crippen molar-refractivity contribution in [2.45, 2.75) is 6.11 Å². The first-order valence-electron chi connectivity index (χ1n) is 7.79. The van der Waals surface area contributed by atoms with E-state index in [4.69, 9.17) is 4.74 Å². The van der Waals surface area contributed by atoms with Crippen molar-refractivity contribution >= 4 is 10.8 Å². The molecule has 0 unspecified atom stereocenters. The highest BCUT2D eigenvalue weighted by Crippen LogP contribution is 2.37. The molecule has 2 nitrogen and oxygen atoms in total. The Morgan fingerprint density at radius 2 is 1.48 bits per heavy atom. The topological polar surface area (TPSA) is 18.5 Å². The molecule has 0 aliphatic heterocycles. The van der Waals surface area contributed by atoms with Crippen LogP contribution in [0.5, 0.6) is 11.5 Å². The van der Waals surface area contributed by atoms with Gasteiger partial charge in [0, 0.05) is 12.1 Å². The predicted octanol–water partition coefficient (Wildman–Crippen LogP) is 5.95. The lowest BCUT2D eigenvalue weighted by Gasteiger charge is -2.20. The summed E-state index contributed by atoms with van der Waals surface area (Å²) in [5.74, 6) is -4.09. The SMILES string of the molecule is C=CCOc1cc(F)c(C(F)(F)Oc2ccc3cc(F)ccc3c2)c(F)c1. The molecule has 0 aromatic heterocycles. The van der Waals surface area contributed by atoms with Crippen molar-refractivity contribution in [2.24, 2.45) is 0 Å². The van der Waals surface area contributed by atoms with E-state index in [1.54, 1.807) is 0 Å². The molecule has 0 atom stereocenters. The van der Waals surface area contributed by atoms with Crippen molar-refractivity contribution in [1.82, 2.24) is 0 Å². The fourth-order valence-electron chi connectivity index (χ4n) is 2.52. The van der Waals surface area contributed by atoms with Crippen molar-refractivity contribution < 1.29 is 31.4 Å². The lowest BCUT2D eigenvalue weighted by molar-refractivity contribution is -0.189. The number of ether oxygens (including phenoxy) is 2. The molecule has 0 saturated heterocycles. The second-order valence-electron chi connectivity index (χ2n) is 5.63. The van der Waals surface area contributed by atoms with Gasteiger partial charge in [-0.3, -0.25) is 0 Å². The van der Waals surface area contributed by atoms with Gasteiger partial charge in [0.1, 0.15) is 41.1 Å². The van der Waals surface area contributed by atoms with Crippen LogP contribution in [0.2, 0.25) is 0 Å². The number of hydrogen-bond acceptors (Lipinski definition) is 2. The minimum absolute atomic E-state index is 0.0389. The third-order valence-corrected chi connectivity index (χ3v) is 3.69. The van der Waals surface area contributed by atoms with Crippen molar-refractivity contribution in [1.29, 1.82) is 0 Å². The van der Waals surface area contributed by atoms with Crippen LogP contribution in [0.25, 0.3) is 10.8 Å². The van der Waals surface area contributed by atoms with Crippen LogP contribution in [-0.2, 0) is 6.11 Å². The molecule has 3 aromatic rings. The van der Waals surface area contributed by atoms with E-state index in [0.29, 0.717) is 22.9 Å².